The largest absolute Gasteiger partial charge is 0.455 e. The van der Waals surface area contributed by atoms with E-state index < -0.39 is 0 Å². The maximum atomic E-state index is 7.05. The van der Waals surface area contributed by atoms with Crippen molar-refractivity contribution in [2.75, 3.05) is 0 Å². The zero-order valence-electron chi connectivity index (χ0n) is 33.0. The van der Waals surface area contributed by atoms with E-state index in [0.29, 0.717) is 0 Å². The van der Waals surface area contributed by atoms with Crippen molar-refractivity contribution in [2.24, 2.45) is 0 Å². The van der Waals surface area contributed by atoms with Gasteiger partial charge in [-0.15, -0.1) is 0 Å². The standard InChI is InChI=1S/C58H35NO2/c1-4-17-36(18-5-1)53-56-51(60-57(53)37-19-6-2-7-20-37)34-33-50-55(56)46-29-16-28-45(58(46)61-50)54-43-26-12-10-24-41(43)52(42-25-11-13-27-44(42)54)38-31-32-49-47(35-38)40-23-14-15-30-48(40)59(49)39-21-8-3-9-22-39/h1-35H. The maximum absolute atomic E-state index is 7.05. The molecule has 0 N–H and O–H groups in total. The Morgan fingerprint density at radius 2 is 0.852 bits per heavy atom. The van der Waals surface area contributed by atoms with Gasteiger partial charge in [-0.05, 0) is 80.7 Å². The zero-order valence-corrected chi connectivity index (χ0v) is 33.0. The fourth-order valence-corrected chi connectivity index (χ4v) is 10.1. The monoisotopic (exact) mass is 777 g/mol. The van der Waals surface area contributed by atoms with E-state index in [1.54, 1.807) is 0 Å². The number of nitrogens with zero attached hydrogens (tertiary/aromatic N) is 1. The minimum Gasteiger partial charge on any atom is -0.455 e. The molecular weight excluding hydrogens is 743 g/mol. The molecule has 0 atom stereocenters. The van der Waals surface area contributed by atoms with Crippen molar-refractivity contribution in [3.63, 3.8) is 0 Å². The van der Waals surface area contributed by atoms with Gasteiger partial charge >= 0.3 is 0 Å². The SMILES string of the molecule is c1ccc(-c2oc3ccc4oc5c(-c6c7ccccc7c(-c7ccc8c(c7)c7ccccc7n8-c7ccccc7)c7ccccc67)cccc5c4c3c2-c2ccccc2)cc1. The first-order valence-corrected chi connectivity index (χ1v) is 20.8. The first kappa shape index (κ1) is 33.8. The molecule has 0 fully saturated rings. The summed E-state index contributed by atoms with van der Waals surface area (Å²) in [5.74, 6) is 0.857. The van der Waals surface area contributed by atoms with E-state index in [0.717, 1.165) is 72.2 Å². The van der Waals surface area contributed by atoms with Crippen LogP contribution >= 0.6 is 0 Å². The van der Waals surface area contributed by atoms with Gasteiger partial charge in [-0.3, -0.25) is 0 Å². The molecule has 3 heterocycles. The number of hydrogen-bond acceptors (Lipinski definition) is 2. The molecule has 13 aromatic rings. The lowest BCUT2D eigenvalue weighted by atomic mass is 9.85. The molecule has 0 saturated heterocycles. The van der Waals surface area contributed by atoms with Gasteiger partial charge in [-0.2, -0.15) is 0 Å². The summed E-state index contributed by atoms with van der Waals surface area (Å²) in [4.78, 5) is 0. The lowest BCUT2D eigenvalue weighted by Gasteiger charge is -2.18. The summed E-state index contributed by atoms with van der Waals surface area (Å²) in [7, 11) is 0. The van der Waals surface area contributed by atoms with Crippen LogP contribution in [0.15, 0.2) is 221 Å². The third-order valence-electron chi connectivity index (χ3n) is 12.6. The fraction of sp³-hybridized carbons (Fsp3) is 0. The van der Waals surface area contributed by atoms with Crippen LogP contribution < -0.4 is 0 Å². The Balaban J connectivity index is 1.08. The van der Waals surface area contributed by atoms with Crippen LogP contribution in [0.3, 0.4) is 0 Å². The van der Waals surface area contributed by atoms with Gasteiger partial charge in [0.15, 0.2) is 0 Å². The van der Waals surface area contributed by atoms with Crippen molar-refractivity contribution in [3.8, 4) is 50.4 Å². The number of benzene rings is 10. The molecule has 13 rings (SSSR count). The van der Waals surface area contributed by atoms with Crippen LogP contribution in [0.2, 0.25) is 0 Å². The van der Waals surface area contributed by atoms with Gasteiger partial charge in [0.25, 0.3) is 0 Å². The van der Waals surface area contributed by atoms with Crippen LogP contribution in [0.1, 0.15) is 0 Å². The predicted molar refractivity (Wildman–Crippen MR) is 255 cm³/mol. The van der Waals surface area contributed by atoms with Crippen LogP contribution in [0.25, 0.3) is 127 Å². The van der Waals surface area contributed by atoms with Gasteiger partial charge in [0, 0.05) is 54.9 Å². The van der Waals surface area contributed by atoms with Crippen LogP contribution in [-0.4, -0.2) is 4.57 Å². The lowest BCUT2D eigenvalue weighted by Crippen LogP contribution is -1.93. The summed E-state index contributed by atoms with van der Waals surface area (Å²) in [5, 5.41) is 10.4. The van der Waals surface area contributed by atoms with E-state index in [9.17, 15) is 0 Å². The summed E-state index contributed by atoms with van der Waals surface area (Å²) in [6, 6.07) is 75.9. The fourth-order valence-electron chi connectivity index (χ4n) is 10.1. The average Bonchev–Trinajstić information content (AvgIpc) is 4.01. The Hall–Kier alpha value is -8.14. The quantitative estimate of drug-likeness (QED) is 0.163. The van der Waals surface area contributed by atoms with E-state index in [1.165, 1.54) is 54.5 Å². The molecule has 0 radical (unpaired) electrons. The number of hydrogen-bond donors (Lipinski definition) is 0. The van der Waals surface area contributed by atoms with Gasteiger partial charge in [0.2, 0.25) is 0 Å². The number of rotatable bonds is 5. The third-order valence-corrected chi connectivity index (χ3v) is 12.6. The second-order valence-corrected chi connectivity index (χ2v) is 15.9. The second-order valence-electron chi connectivity index (χ2n) is 15.9. The van der Waals surface area contributed by atoms with Crippen molar-refractivity contribution in [1.29, 1.82) is 0 Å². The molecule has 10 aromatic carbocycles. The molecular formula is C58H35NO2. The normalized spacial score (nSPS) is 11.9. The summed E-state index contributed by atoms with van der Waals surface area (Å²) in [6.07, 6.45) is 0. The molecule has 0 aliphatic heterocycles. The molecule has 0 bridgehead atoms. The van der Waals surface area contributed by atoms with Crippen molar-refractivity contribution >= 4 is 76.3 Å². The first-order chi connectivity index (χ1) is 30.3. The number of aromatic nitrogens is 1. The minimum absolute atomic E-state index is 0.834. The Bertz CT molecular complexity index is 3800. The summed E-state index contributed by atoms with van der Waals surface area (Å²) < 4.78 is 16.2. The second kappa shape index (κ2) is 13.2. The van der Waals surface area contributed by atoms with Gasteiger partial charge < -0.3 is 13.4 Å². The average molecular weight is 778 g/mol. The number of furan rings is 2. The molecule has 0 amide bonds. The smallest absolute Gasteiger partial charge is 0.143 e. The Kier molecular flexibility index (Phi) is 7.31. The van der Waals surface area contributed by atoms with Gasteiger partial charge in [0.1, 0.15) is 22.5 Å². The van der Waals surface area contributed by atoms with E-state index in [4.69, 9.17) is 8.83 Å². The Morgan fingerprint density at radius 3 is 1.54 bits per heavy atom. The van der Waals surface area contributed by atoms with Gasteiger partial charge in [-0.1, -0.05) is 170 Å². The molecule has 3 aromatic heterocycles. The minimum atomic E-state index is 0.834. The maximum Gasteiger partial charge on any atom is 0.143 e. The van der Waals surface area contributed by atoms with Crippen molar-refractivity contribution in [1.82, 2.24) is 4.57 Å². The van der Waals surface area contributed by atoms with Gasteiger partial charge in [0.05, 0.1) is 11.0 Å². The molecule has 0 unspecified atom stereocenters. The van der Waals surface area contributed by atoms with Crippen LogP contribution in [-0.2, 0) is 0 Å². The molecule has 61 heavy (non-hydrogen) atoms. The number of fused-ring (bicyclic) bond motifs is 10. The van der Waals surface area contributed by atoms with E-state index >= 15 is 0 Å². The summed E-state index contributed by atoms with van der Waals surface area (Å²) in [6.45, 7) is 0. The molecule has 3 heteroatoms. The zero-order chi connectivity index (χ0) is 40.0. The van der Waals surface area contributed by atoms with Crippen molar-refractivity contribution in [3.05, 3.63) is 212 Å². The van der Waals surface area contributed by atoms with E-state index in [-0.39, 0.29) is 0 Å². The van der Waals surface area contributed by atoms with Crippen LogP contribution in [0.4, 0.5) is 0 Å². The predicted octanol–water partition coefficient (Wildman–Crippen LogP) is 16.4. The molecule has 0 spiro atoms. The Morgan fingerprint density at radius 1 is 0.311 bits per heavy atom. The van der Waals surface area contributed by atoms with Gasteiger partial charge in [-0.25, -0.2) is 0 Å². The lowest BCUT2D eigenvalue weighted by molar-refractivity contribution is 0.632. The van der Waals surface area contributed by atoms with Crippen molar-refractivity contribution < 1.29 is 8.83 Å². The molecule has 3 nitrogen and oxygen atoms in total. The van der Waals surface area contributed by atoms with Crippen molar-refractivity contribution in [2.45, 2.75) is 0 Å². The highest BCUT2D eigenvalue weighted by Gasteiger charge is 2.25. The van der Waals surface area contributed by atoms with Crippen LogP contribution in [0.5, 0.6) is 0 Å². The topological polar surface area (TPSA) is 31.2 Å². The third kappa shape index (κ3) is 4.98. The summed E-state index contributed by atoms with van der Waals surface area (Å²) >= 11 is 0. The number of para-hydroxylation sites is 3. The molecule has 0 aliphatic rings. The molecule has 0 saturated carbocycles. The van der Waals surface area contributed by atoms with Crippen LogP contribution in [0, 0.1) is 0 Å². The molecule has 284 valence electrons. The highest BCUT2D eigenvalue weighted by atomic mass is 16.3. The molecule has 0 aliphatic carbocycles. The van der Waals surface area contributed by atoms with E-state index in [1.807, 2.05) is 6.07 Å². The highest BCUT2D eigenvalue weighted by molar-refractivity contribution is 6.28. The summed E-state index contributed by atoms with van der Waals surface area (Å²) in [5.41, 5.74) is 13.9. The first-order valence-electron chi connectivity index (χ1n) is 20.8. The van der Waals surface area contributed by atoms with E-state index in [2.05, 4.69) is 211 Å². The Labute approximate surface area is 350 Å². The highest BCUT2D eigenvalue weighted by Crippen LogP contribution is 2.50.